The Balaban J connectivity index is 1.36. The number of hydrogen-bond acceptors (Lipinski definition) is 4. The van der Waals surface area contributed by atoms with Crippen LogP contribution in [0.15, 0.2) is 99.9 Å². The van der Waals surface area contributed by atoms with E-state index in [1.165, 1.54) is 28.0 Å². The Morgan fingerprint density at radius 1 is 0.838 bits per heavy atom. The predicted octanol–water partition coefficient (Wildman–Crippen LogP) is 4.30. The second-order valence-corrected chi connectivity index (χ2v) is 9.62. The molecule has 3 aromatic carbocycles. The number of carbonyl (C=O) groups is 1. The van der Waals surface area contributed by atoms with Gasteiger partial charge in [-0.05, 0) is 58.8 Å². The number of amides is 1. The smallest absolute Gasteiger partial charge is 0.336 e. The fourth-order valence-electron chi connectivity index (χ4n) is 4.24. The van der Waals surface area contributed by atoms with Crippen molar-refractivity contribution >= 4 is 27.5 Å². The van der Waals surface area contributed by atoms with Crippen LogP contribution in [0.2, 0.25) is 0 Å². The normalized spacial score (nSPS) is 11.1. The number of nitrogens with zero attached hydrogens (tertiary/aromatic N) is 2. The van der Waals surface area contributed by atoms with Crippen LogP contribution in [-0.4, -0.2) is 21.6 Å². The van der Waals surface area contributed by atoms with E-state index in [2.05, 4.69) is 5.32 Å². The number of rotatable bonds is 8. The monoisotopic (exact) mass is 513 g/mol. The molecule has 0 saturated carbocycles. The third-order valence-corrected chi connectivity index (χ3v) is 7.04. The Hall–Kier alpha value is -4.30. The van der Waals surface area contributed by atoms with E-state index >= 15 is 0 Å². The van der Waals surface area contributed by atoms with Gasteiger partial charge in [-0.1, -0.05) is 54.6 Å². The first-order valence-corrected chi connectivity index (χ1v) is 12.7. The molecule has 0 saturated heterocycles. The van der Waals surface area contributed by atoms with Gasteiger partial charge in [-0.25, -0.2) is 13.8 Å². The number of halogens is 1. The average molecular weight is 514 g/mol. The summed E-state index contributed by atoms with van der Waals surface area (Å²) in [4.78, 5) is 39.0. The van der Waals surface area contributed by atoms with Crippen molar-refractivity contribution in [3.63, 3.8) is 0 Å². The zero-order chi connectivity index (χ0) is 25.8. The van der Waals surface area contributed by atoms with Crippen LogP contribution in [-0.2, 0) is 24.2 Å². The lowest BCUT2D eigenvalue weighted by Crippen LogP contribution is -2.38. The van der Waals surface area contributed by atoms with Gasteiger partial charge in [0.1, 0.15) is 10.5 Å². The van der Waals surface area contributed by atoms with Crippen LogP contribution in [0.4, 0.5) is 4.39 Å². The molecule has 2 heterocycles. The first-order chi connectivity index (χ1) is 18.0. The summed E-state index contributed by atoms with van der Waals surface area (Å²) in [5, 5.41) is 4.70. The van der Waals surface area contributed by atoms with E-state index in [0.717, 1.165) is 27.7 Å². The maximum Gasteiger partial charge on any atom is 0.336 e. The minimum atomic E-state index is -0.480. The summed E-state index contributed by atoms with van der Waals surface area (Å²) in [6.07, 6.45) is 0.951. The fourth-order valence-corrected chi connectivity index (χ4v) is 5.07. The predicted molar refractivity (Wildman–Crippen MR) is 144 cm³/mol. The minimum Gasteiger partial charge on any atom is -0.355 e. The molecule has 37 heavy (non-hydrogen) atoms. The molecular formula is C29H24FN3O3S. The molecule has 6 nitrogen and oxygen atoms in total. The Kier molecular flexibility index (Phi) is 7.09. The van der Waals surface area contributed by atoms with Gasteiger partial charge in [0.15, 0.2) is 0 Å². The molecule has 5 aromatic rings. The molecule has 2 aromatic heterocycles. The lowest BCUT2D eigenvalue weighted by Gasteiger charge is -2.13. The molecule has 0 aliphatic rings. The van der Waals surface area contributed by atoms with Crippen LogP contribution in [0, 0.1) is 5.82 Å². The highest BCUT2D eigenvalue weighted by Crippen LogP contribution is 2.18. The summed E-state index contributed by atoms with van der Waals surface area (Å²) in [6, 6.07) is 24.5. The third-order valence-electron chi connectivity index (χ3n) is 6.15. The van der Waals surface area contributed by atoms with E-state index in [0.29, 0.717) is 22.4 Å². The van der Waals surface area contributed by atoms with Crippen LogP contribution < -0.4 is 16.6 Å². The zero-order valence-electron chi connectivity index (χ0n) is 19.9. The van der Waals surface area contributed by atoms with Gasteiger partial charge in [-0.15, -0.1) is 11.3 Å². The Bertz CT molecular complexity index is 1650. The second-order valence-electron chi connectivity index (χ2n) is 8.70. The first-order valence-electron chi connectivity index (χ1n) is 11.9. The largest absolute Gasteiger partial charge is 0.355 e. The van der Waals surface area contributed by atoms with Crippen LogP contribution in [0.25, 0.3) is 15.9 Å². The fraction of sp³-hybridized carbons (Fsp3) is 0.138. The average Bonchev–Trinajstić information content (AvgIpc) is 3.40. The molecule has 8 heteroatoms. The third kappa shape index (κ3) is 5.44. The van der Waals surface area contributed by atoms with Crippen molar-refractivity contribution in [3.8, 4) is 5.69 Å². The van der Waals surface area contributed by atoms with Crippen molar-refractivity contribution in [2.75, 3.05) is 6.54 Å². The topological polar surface area (TPSA) is 73.1 Å². The maximum atomic E-state index is 13.5. The summed E-state index contributed by atoms with van der Waals surface area (Å²) < 4.78 is 16.5. The summed E-state index contributed by atoms with van der Waals surface area (Å²) in [5.41, 5.74) is 2.78. The van der Waals surface area contributed by atoms with Crippen LogP contribution in [0.5, 0.6) is 0 Å². The molecule has 0 bridgehead atoms. The highest BCUT2D eigenvalue weighted by Gasteiger charge is 2.16. The van der Waals surface area contributed by atoms with Gasteiger partial charge in [-0.2, -0.15) is 0 Å². The maximum absolute atomic E-state index is 13.5. The van der Waals surface area contributed by atoms with Crippen LogP contribution in [0.3, 0.4) is 0 Å². The van der Waals surface area contributed by atoms with E-state index in [4.69, 9.17) is 0 Å². The molecule has 0 unspecified atom stereocenters. The lowest BCUT2D eigenvalue weighted by atomic mass is 10.1. The zero-order valence-corrected chi connectivity index (χ0v) is 20.7. The van der Waals surface area contributed by atoms with Gasteiger partial charge in [0.25, 0.3) is 5.56 Å². The highest BCUT2D eigenvalue weighted by molar-refractivity contribution is 7.17. The van der Waals surface area contributed by atoms with Crippen LogP contribution in [0.1, 0.15) is 16.7 Å². The molecule has 186 valence electrons. The van der Waals surface area contributed by atoms with Gasteiger partial charge >= 0.3 is 5.69 Å². The number of aromatic nitrogens is 2. The van der Waals surface area contributed by atoms with Gasteiger partial charge in [-0.3, -0.25) is 14.2 Å². The molecular weight excluding hydrogens is 489 g/mol. The van der Waals surface area contributed by atoms with Crippen molar-refractivity contribution < 1.29 is 9.18 Å². The molecule has 0 aliphatic carbocycles. The SMILES string of the molecule is O=C(Cc1ccc(-n2c(=O)c3sccc3n(Cc3ccc(F)cc3)c2=O)cc1)NCCc1ccccc1. The van der Waals surface area contributed by atoms with E-state index < -0.39 is 11.2 Å². The Morgan fingerprint density at radius 3 is 2.27 bits per heavy atom. The van der Waals surface area contributed by atoms with Gasteiger partial charge < -0.3 is 5.32 Å². The van der Waals surface area contributed by atoms with Gasteiger partial charge in [0, 0.05) is 6.54 Å². The Morgan fingerprint density at radius 2 is 1.54 bits per heavy atom. The van der Waals surface area contributed by atoms with E-state index in [9.17, 15) is 18.8 Å². The number of hydrogen-bond donors (Lipinski definition) is 1. The van der Waals surface area contributed by atoms with Gasteiger partial charge in [0.05, 0.1) is 24.2 Å². The lowest BCUT2D eigenvalue weighted by molar-refractivity contribution is -0.120. The Labute approximate surface area is 216 Å². The van der Waals surface area contributed by atoms with Crippen molar-refractivity contribution in [3.05, 3.63) is 134 Å². The molecule has 1 N–H and O–H groups in total. The molecule has 1 amide bonds. The number of nitrogens with one attached hydrogen (secondary N) is 1. The van der Waals surface area contributed by atoms with Crippen LogP contribution >= 0.6 is 11.3 Å². The van der Waals surface area contributed by atoms with Crippen molar-refractivity contribution in [1.82, 2.24) is 14.5 Å². The number of carbonyl (C=O) groups excluding carboxylic acids is 1. The molecule has 5 rings (SSSR count). The van der Waals surface area contributed by atoms with Crippen molar-refractivity contribution in [2.45, 2.75) is 19.4 Å². The summed E-state index contributed by atoms with van der Waals surface area (Å²) >= 11 is 1.27. The highest BCUT2D eigenvalue weighted by atomic mass is 32.1. The van der Waals surface area contributed by atoms with Crippen molar-refractivity contribution in [1.29, 1.82) is 0 Å². The van der Waals surface area contributed by atoms with Crippen molar-refractivity contribution in [2.24, 2.45) is 0 Å². The molecule has 0 aliphatic heterocycles. The molecule has 0 atom stereocenters. The quantitative estimate of drug-likeness (QED) is 0.336. The second kappa shape index (κ2) is 10.8. The van der Waals surface area contributed by atoms with E-state index in [1.54, 1.807) is 47.8 Å². The standard InChI is InChI=1S/C29H24FN3O3S/c30-23-10-6-22(7-11-23)19-32-25-15-17-37-27(25)28(35)33(29(32)36)24-12-8-21(9-13-24)18-26(34)31-16-14-20-4-2-1-3-5-20/h1-13,15,17H,14,16,18-19H2,(H,31,34). The minimum absolute atomic E-state index is 0.0949. The summed E-state index contributed by atoms with van der Waals surface area (Å²) in [7, 11) is 0. The van der Waals surface area contributed by atoms with E-state index in [1.807, 2.05) is 30.3 Å². The number of thiophene rings is 1. The molecule has 0 fully saturated rings. The number of benzene rings is 3. The summed E-state index contributed by atoms with van der Waals surface area (Å²) in [5.74, 6) is -0.450. The van der Waals surface area contributed by atoms with Gasteiger partial charge in [0.2, 0.25) is 5.91 Å². The first kappa shape index (κ1) is 24.4. The molecule has 0 radical (unpaired) electrons. The van der Waals surface area contributed by atoms with E-state index in [-0.39, 0.29) is 24.7 Å². The number of fused-ring (bicyclic) bond motifs is 1. The summed E-state index contributed by atoms with van der Waals surface area (Å²) in [6.45, 7) is 0.749. The molecule has 0 spiro atoms.